The van der Waals surface area contributed by atoms with E-state index in [0.29, 0.717) is 5.92 Å². The fraction of sp³-hybridized carbons (Fsp3) is 0.133. The Labute approximate surface area is 101 Å². The number of hydrogen-bond acceptors (Lipinski definition) is 2. The molecule has 84 valence electrons. The molecule has 0 amide bonds. The molecule has 0 fully saturated rings. The predicted molar refractivity (Wildman–Crippen MR) is 71.9 cm³/mol. The zero-order valence-electron chi connectivity index (χ0n) is 9.51. The predicted octanol–water partition coefficient (Wildman–Crippen LogP) is 3.31. The molecule has 1 unspecified atom stereocenters. The van der Waals surface area contributed by atoms with E-state index in [4.69, 9.17) is 5.73 Å². The van der Waals surface area contributed by atoms with Gasteiger partial charge in [0.1, 0.15) is 0 Å². The number of nitrogen functional groups attached to an aromatic ring is 1. The van der Waals surface area contributed by atoms with Gasteiger partial charge in [-0.1, -0.05) is 36.4 Å². The number of nitrogens with zero attached hydrogens (tertiary/aromatic N) is 1. The Morgan fingerprint density at radius 3 is 2.65 bits per heavy atom. The molecule has 2 nitrogen and oxygen atoms in total. The van der Waals surface area contributed by atoms with E-state index in [2.05, 4.69) is 29.3 Å². The lowest BCUT2D eigenvalue weighted by Crippen LogP contribution is -2.10. The van der Waals surface area contributed by atoms with E-state index < -0.39 is 0 Å². The SMILES string of the molecule is Nc1ccccc1C1C=Nc2ccccc2C1. The van der Waals surface area contributed by atoms with Gasteiger partial charge in [-0.15, -0.1) is 0 Å². The third kappa shape index (κ3) is 1.82. The maximum absolute atomic E-state index is 6.01. The first kappa shape index (κ1) is 10.1. The molecule has 0 saturated heterocycles. The maximum Gasteiger partial charge on any atom is 0.0658 e. The van der Waals surface area contributed by atoms with Crippen LogP contribution < -0.4 is 5.73 Å². The van der Waals surface area contributed by atoms with Gasteiger partial charge in [-0.2, -0.15) is 0 Å². The number of hydrogen-bond donors (Lipinski definition) is 1. The maximum atomic E-state index is 6.01. The number of rotatable bonds is 1. The zero-order chi connectivity index (χ0) is 11.7. The van der Waals surface area contributed by atoms with E-state index in [1.165, 1.54) is 11.1 Å². The number of benzene rings is 2. The molecule has 0 bridgehead atoms. The first-order chi connectivity index (χ1) is 8.34. The summed E-state index contributed by atoms with van der Waals surface area (Å²) >= 11 is 0. The van der Waals surface area contributed by atoms with Crippen LogP contribution in [0.4, 0.5) is 11.4 Å². The third-order valence-electron chi connectivity index (χ3n) is 3.22. The number of anilines is 1. The van der Waals surface area contributed by atoms with Gasteiger partial charge >= 0.3 is 0 Å². The Hall–Kier alpha value is -2.09. The molecule has 0 radical (unpaired) electrons. The summed E-state index contributed by atoms with van der Waals surface area (Å²) in [6.45, 7) is 0. The Balaban J connectivity index is 1.98. The van der Waals surface area contributed by atoms with E-state index in [9.17, 15) is 0 Å². The highest BCUT2D eigenvalue weighted by atomic mass is 14.7. The summed E-state index contributed by atoms with van der Waals surface area (Å²) < 4.78 is 0. The number of fused-ring (bicyclic) bond motifs is 1. The van der Waals surface area contributed by atoms with Crippen molar-refractivity contribution in [3.63, 3.8) is 0 Å². The summed E-state index contributed by atoms with van der Waals surface area (Å²) in [5, 5.41) is 0. The van der Waals surface area contributed by atoms with Gasteiger partial charge in [-0.05, 0) is 29.7 Å². The van der Waals surface area contributed by atoms with Gasteiger partial charge in [-0.25, -0.2) is 0 Å². The molecule has 0 aliphatic carbocycles. The summed E-state index contributed by atoms with van der Waals surface area (Å²) in [4.78, 5) is 4.51. The fourth-order valence-corrected chi connectivity index (χ4v) is 2.31. The Bertz CT molecular complexity index is 573. The molecule has 1 aliphatic rings. The van der Waals surface area contributed by atoms with Gasteiger partial charge in [0.15, 0.2) is 0 Å². The molecule has 2 aromatic carbocycles. The van der Waals surface area contributed by atoms with E-state index in [-0.39, 0.29) is 0 Å². The second-order valence-electron chi connectivity index (χ2n) is 4.35. The van der Waals surface area contributed by atoms with Gasteiger partial charge < -0.3 is 5.73 Å². The van der Waals surface area contributed by atoms with E-state index in [1.807, 2.05) is 30.5 Å². The molecule has 1 atom stereocenters. The molecule has 0 spiro atoms. The quantitative estimate of drug-likeness (QED) is 0.738. The first-order valence-corrected chi connectivity index (χ1v) is 5.81. The van der Waals surface area contributed by atoms with Crippen molar-refractivity contribution in [3.8, 4) is 0 Å². The second-order valence-corrected chi connectivity index (χ2v) is 4.35. The largest absolute Gasteiger partial charge is 0.398 e. The lowest BCUT2D eigenvalue weighted by Gasteiger charge is -2.19. The van der Waals surface area contributed by atoms with Crippen molar-refractivity contribution in [2.45, 2.75) is 12.3 Å². The van der Waals surface area contributed by atoms with Gasteiger partial charge in [0.25, 0.3) is 0 Å². The molecule has 2 N–H and O–H groups in total. The summed E-state index contributed by atoms with van der Waals surface area (Å²) in [6, 6.07) is 16.3. The Morgan fingerprint density at radius 2 is 1.76 bits per heavy atom. The van der Waals surface area contributed by atoms with Gasteiger partial charge in [0.2, 0.25) is 0 Å². The topological polar surface area (TPSA) is 38.4 Å². The zero-order valence-corrected chi connectivity index (χ0v) is 9.51. The molecule has 3 rings (SSSR count). The highest BCUT2D eigenvalue weighted by Crippen LogP contribution is 2.32. The third-order valence-corrected chi connectivity index (χ3v) is 3.22. The minimum Gasteiger partial charge on any atom is -0.398 e. The van der Waals surface area contributed by atoms with E-state index >= 15 is 0 Å². The molecule has 0 aromatic heterocycles. The van der Waals surface area contributed by atoms with Crippen molar-refractivity contribution in [2.75, 3.05) is 5.73 Å². The summed E-state index contributed by atoms with van der Waals surface area (Å²) in [5.74, 6) is 0.297. The smallest absolute Gasteiger partial charge is 0.0658 e. The van der Waals surface area contributed by atoms with Crippen LogP contribution in [0.15, 0.2) is 53.5 Å². The number of aliphatic imine (C=N–C) groups is 1. The minimum atomic E-state index is 0.297. The monoisotopic (exact) mass is 222 g/mol. The van der Waals surface area contributed by atoms with Crippen molar-refractivity contribution >= 4 is 17.6 Å². The minimum absolute atomic E-state index is 0.297. The molecule has 2 heteroatoms. The van der Waals surface area contributed by atoms with Crippen molar-refractivity contribution < 1.29 is 0 Å². The van der Waals surface area contributed by atoms with E-state index in [0.717, 1.165) is 17.8 Å². The normalized spacial score (nSPS) is 17.8. The average molecular weight is 222 g/mol. The van der Waals surface area contributed by atoms with Crippen LogP contribution in [-0.2, 0) is 6.42 Å². The number of nitrogens with two attached hydrogens (primary N) is 1. The molecule has 17 heavy (non-hydrogen) atoms. The van der Waals surface area contributed by atoms with Crippen LogP contribution in [0.5, 0.6) is 0 Å². The molecular formula is C15H14N2. The molecule has 0 saturated carbocycles. The summed E-state index contributed by atoms with van der Waals surface area (Å²) in [6.07, 6.45) is 2.99. The van der Waals surface area contributed by atoms with Gasteiger partial charge in [0.05, 0.1) is 5.69 Å². The Morgan fingerprint density at radius 1 is 1.00 bits per heavy atom. The lowest BCUT2D eigenvalue weighted by molar-refractivity contribution is 0.879. The van der Waals surface area contributed by atoms with Crippen LogP contribution in [0.25, 0.3) is 0 Å². The molecule has 2 aromatic rings. The van der Waals surface area contributed by atoms with Crippen molar-refractivity contribution in [1.29, 1.82) is 0 Å². The first-order valence-electron chi connectivity index (χ1n) is 5.81. The summed E-state index contributed by atoms with van der Waals surface area (Å²) in [5.41, 5.74) is 10.4. The van der Waals surface area contributed by atoms with Crippen LogP contribution in [0, 0.1) is 0 Å². The highest BCUT2D eigenvalue weighted by Gasteiger charge is 2.17. The standard InChI is InChI=1S/C15H14N2/c16-14-7-3-2-6-13(14)12-9-11-5-1-4-8-15(11)17-10-12/h1-8,10,12H,9,16H2. The average Bonchev–Trinajstić information content (AvgIpc) is 2.39. The van der Waals surface area contributed by atoms with Crippen molar-refractivity contribution in [1.82, 2.24) is 0 Å². The Kier molecular flexibility index (Phi) is 2.41. The number of para-hydroxylation sites is 2. The summed E-state index contributed by atoms with van der Waals surface area (Å²) in [7, 11) is 0. The lowest BCUT2D eigenvalue weighted by atomic mass is 9.89. The van der Waals surface area contributed by atoms with Crippen molar-refractivity contribution in [2.24, 2.45) is 4.99 Å². The van der Waals surface area contributed by atoms with Crippen LogP contribution in [0.3, 0.4) is 0 Å². The molecular weight excluding hydrogens is 208 g/mol. The molecule has 1 aliphatic heterocycles. The fourth-order valence-electron chi connectivity index (χ4n) is 2.31. The van der Waals surface area contributed by atoms with E-state index in [1.54, 1.807) is 0 Å². The molecule has 1 heterocycles. The van der Waals surface area contributed by atoms with Gasteiger partial charge in [-0.3, -0.25) is 4.99 Å². The van der Waals surface area contributed by atoms with Crippen molar-refractivity contribution in [3.05, 3.63) is 59.7 Å². The second kappa shape index (κ2) is 4.06. The van der Waals surface area contributed by atoms with Crippen LogP contribution in [0.1, 0.15) is 17.0 Å². The van der Waals surface area contributed by atoms with Crippen LogP contribution >= 0.6 is 0 Å². The van der Waals surface area contributed by atoms with Crippen LogP contribution in [-0.4, -0.2) is 6.21 Å². The van der Waals surface area contributed by atoms with Gasteiger partial charge in [0, 0.05) is 17.8 Å². The highest BCUT2D eigenvalue weighted by molar-refractivity contribution is 5.78. The van der Waals surface area contributed by atoms with Crippen LogP contribution in [0.2, 0.25) is 0 Å².